The highest BCUT2D eigenvalue weighted by atomic mass is 35.5. The van der Waals surface area contributed by atoms with Gasteiger partial charge in [0.15, 0.2) is 0 Å². The van der Waals surface area contributed by atoms with E-state index in [2.05, 4.69) is 15.5 Å². The van der Waals surface area contributed by atoms with E-state index < -0.39 is 11.7 Å². The lowest BCUT2D eigenvalue weighted by molar-refractivity contribution is -0.131. The van der Waals surface area contributed by atoms with Gasteiger partial charge in [-0.1, -0.05) is 18.5 Å². The van der Waals surface area contributed by atoms with Gasteiger partial charge in [0.1, 0.15) is 11.1 Å². The fourth-order valence-corrected chi connectivity index (χ4v) is 3.70. The SMILES string of the molecule is CCC(=O)N1CCC(NC(=O)O[C@@H]2CCN(c3cn[nH]c(=O)c3Cl)C2)CC1. The minimum absolute atomic E-state index is 0.0160. The smallest absolute Gasteiger partial charge is 0.407 e. The van der Waals surface area contributed by atoms with Crippen LogP contribution < -0.4 is 15.8 Å². The predicted octanol–water partition coefficient (Wildman–Crippen LogP) is 1.13. The number of likely N-dealkylation sites (tertiary alicyclic amines) is 1. The standard InChI is InChI=1S/C17H24ClN5O4/c1-2-14(24)22-6-3-11(4-7-22)20-17(26)27-12-5-8-23(10-12)13-9-19-21-16(25)15(13)18/h9,11-12H,2-8,10H2,1H3,(H,20,26)(H,21,25)/t12-/m1/s1. The molecule has 9 nitrogen and oxygen atoms in total. The zero-order valence-electron chi connectivity index (χ0n) is 15.2. The molecule has 10 heteroatoms. The number of carbonyl (C=O) groups excluding carboxylic acids is 2. The first-order valence-electron chi connectivity index (χ1n) is 9.21. The average Bonchev–Trinajstić information content (AvgIpc) is 3.12. The van der Waals surface area contributed by atoms with Crippen molar-refractivity contribution >= 4 is 29.3 Å². The summed E-state index contributed by atoms with van der Waals surface area (Å²) in [7, 11) is 0. The van der Waals surface area contributed by atoms with E-state index in [4.69, 9.17) is 16.3 Å². The fraction of sp³-hybridized carbons (Fsp3) is 0.647. The molecule has 0 aromatic carbocycles. The third-order valence-electron chi connectivity index (χ3n) is 5.01. The summed E-state index contributed by atoms with van der Waals surface area (Å²) in [5.41, 5.74) is 0.101. The second-order valence-corrected chi connectivity index (χ2v) is 7.19. The Morgan fingerprint density at radius 2 is 2.07 bits per heavy atom. The Bertz CT molecular complexity index is 747. The summed E-state index contributed by atoms with van der Waals surface area (Å²) in [5.74, 6) is 0.148. The number of nitrogens with zero attached hydrogens (tertiary/aromatic N) is 3. The minimum atomic E-state index is -0.447. The maximum absolute atomic E-state index is 12.2. The number of hydrogen-bond acceptors (Lipinski definition) is 6. The third kappa shape index (κ3) is 4.71. The van der Waals surface area contributed by atoms with E-state index in [1.165, 1.54) is 6.20 Å². The number of rotatable bonds is 4. The van der Waals surface area contributed by atoms with Crippen molar-refractivity contribution in [2.75, 3.05) is 31.1 Å². The Hall–Kier alpha value is -2.29. The highest BCUT2D eigenvalue weighted by Crippen LogP contribution is 2.25. The van der Waals surface area contributed by atoms with Crippen LogP contribution in [0.1, 0.15) is 32.6 Å². The Labute approximate surface area is 162 Å². The van der Waals surface area contributed by atoms with E-state index in [-0.39, 0.29) is 23.1 Å². The third-order valence-corrected chi connectivity index (χ3v) is 5.37. The van der Waals surface area contributed by atoms with Gasteiger partial charge >= 0.3 is 6.09 Å². The number of ether oxygens (including phenoxy) is 1. The molecule has 2 aliphatic rings. The molecule has 148 valence electrons. The van der Waals surface area contributed by atoms with Gasteiger partial charge in [0.25, 0.3) is 5.56 Å². The number of aromatic nitrogens is 2. The molecule has 2 N–H and O–H groups in total. The van der Waals surface area contributed by atoms with E-state index >= 15 is 0 Å². The second-order valence-electron chi connectivity index (χ2n) is 6.81. The maximum atomic E-state index is 12.2. The van der Waals surface area contributed by atoms with Crippen LogP contribution in [0.4, 0.5) is 10.5 Å². The van der Waals surface area contributed by atoms with Crippen molar-refractivity contribution in [1.29, 1.82) is 0 Å². The zero-order valence-corrected chi connectivity index (χ0v) is 16.0. The molecule has 1 atom stereocenters. The number of aromatic amines is 1. The molecule has 3 rings (SSSR count). The van der Waals surface area contributed by atoms with Crippen molar-refractivity contribution in [3.05, 3.63) is 21.6 Å². The summed E-state index contributed by atoms with van der Waals surface area (Å²) in [4.78, 5) is 39.2. The van der Waals surface area contributed by atoms with Gasteiger partial charge in [-0.3, -0.25) is 9.59 Å². The number of alkyl carbamates (subject to hydrolysis) is 1. The van der Waals surface area contributed by atoms with Gasteiger partial charge in [-0.05, 0) is 12.8 Å². The zero-order chi connectivity index (χ0) is 19.4. The number of anilines is 1. The van der Waals surface area contributed by atoms with Crippen LogP contribution >= 0.6 is 11.6 Å². The van der Waals surface area contributed by atoms with Crippen LogP contribution in [0, 0.1) is 0 Å². The second kappa shape index (κ2) is 8.60. The van der Waals surface area contributed by atoms with E-state index in [1.807, 2.05) is 16.7 Å². The number of amides is 2. The summed E-state index contributed by atoms with van der Waals surface area (Å²) in [6.07, 6.45) is 3.39. The molecule has 0 unspecified atom stereocenters. The molecule has 2 fully saturated rings. The lowest BCUT2D eigenvalue weighted by Crippen LogP contribution is -2.47. The van der Waals surface area contributed by atoms with Crippen LogP contribution in [0.3, 0.4) is 0 Å². The highest BCUT2D eigenvalue weighted by Gasteiger charge is 2.29. The van der Waals surface area contributed by atoms with Crippen molar-refractivity contribution in [3.8, 4) is 0 Å². The van der Waals surface area contributed by atoms with Crippen LogP contribution in [0.5, 0.6) is 0 Å². The van der Waals surface area contributed by atoms with Crippen LogP contribution in [0.15, 0.2) is 11.0 Å². The number of nitrogens with one attached hydrogen (secondary N) is 2. The normalized spacial score (nSPS) is 20.6. The van der Waals surface area contributed by atoms with Gasteiger partial charge in [-0.2, -0.15) is 5.10 Å². The van der Waals surface area contributed by atoms with E-state index in [9.17, 15) is 14.4 Å². The molecule has 0 spiro atoms. The molecule has 1 aromatic rings. The predicted molar refractivity (Wildman–Crippen MR) is 100.0 cm³/mol. The van der Waals surface area contributed by atoms with Gasteiger partial charge in [-0.15, -0.1) is 0 Å². The van der Waals surface area contributed by atoms with Crippen LogP contribution in [-0.2, 0) is 9.53 Å². The molecule has 2 amide bonds. The summed E-state index contributed by atoms with van der Waals surface area (Å²) >= 11 is 6.03. The van der Waals surface area contributed by atoms with Gasteiger partial charge in [0.05, 0.1) is 18.4 Å². The topological polar surface area (TPSA) is 108 Å². The molecular weight excluding hydrogens is 374 g/mol. The van der Waals surface area contributed by atoms with Gasteiger partial charge in [-0.25, -0.2) is 9.89 Å². The van der Waals surface area contributed by atoms with E-state index in [0.29, 0.717) is 44.7 Å². The quantitative estimate of drug-likeness (QED) is 0.788. The first-order chi connectivity index (χ1) is 13.0. The molecule has 0 saturated carbocycles. The monoisotopic (exact) mass is 397 g/mol. The minimum Gasteiger partial charge on any atom is -0.444 e. The first kappa shape index (κ1) is 19.5. The highest BCUT2D eigenvalue weighted by molar-refractivity contribution is 6.33. The van der Waals surface area contributed by atoms with E-state index in [0.717, 1.165) is 12.8 Å². The Morgan fingerprint density at radius 1 is 1.33 bits per heavy atom. The van der Waals surface area contributed by atoms with E-state index in [1.54, 1.807) is 0 Å². The Kier molecular flexibility index (Phi) is 6.20. The molecular formula is C17H24ClN5O4. The molecule has 0 bridgehead atoms. The van der Waals surface area contributed by atoms with Gasteiger partial charge in [0, 0.05) is 38.5 Å². The van der Waals surface area contributed by atoms with Gasteiger partial charge < -0.3 is 19.9 Å². The number of carbonyl (C=O) groups is 2. The number of halogens is 1. The van der Waals surface area contributed by atoms with Crippen molar-refractivity contribution < 1.29 is 14.3 Å². The van der Waals surface area contributed by atoms with Crippen molar-refractivity contribution in [2.45, 2.75) is 44.8 Å². The van der Waals surface area contributed by atoms with Crippen molar-refractivity contribution in [2.24, 2.45) is 0 Å². The van der Waals surface area contributed by atoms with Crippen LogP contribution in [0.2, 0.25) is 5.02 Å². The van der Waals surface area contributed by atoms with Gasteiger partial charge in [0.2, 0.25) is 5.91 Å². The lowest BCUT2D eigenvalue weighted by Gasteiger charge is -2.32. The number of hydrogen-bond donors (Lipinski definition) is 2. The summed E-state index contributed by atoms with van der Waals surface area (Å²) < 4.78 is 5.51. The molecule has 2 aliphatic heterocycles. The lowest BCUT2D eigenvalue weighted by atomic mass is 10.1. The molecule has 1 aromatic heterocycles. The molecule has 3 heterocycles. The largest absolute Gasteiger partial charge is 0.444 e. The van der Waals surface area contributed by atoms with Crippen molar-refractivity contribution in [1.82, 2.24) is 20.4 Å². The van der Waals surface area contributed by atoms with Crippen LogP contribution in [-0.4, -0.2) is 65.4 Å². The Balaban J connectivity index is 1.45. The van der Waals surface area contributed by atoms with Crippen LogP contribution in [0.25, 0.3) is 0 Å². The Morgan fingerprint density at radius 3 is 2.78 bits per heavy atom. The molecule has 2 saturated heterocycles. The average molecular weight is 398 g/mol. The molecule has 0 radical (unpaired) electrons. The molecule has 0 aliphatic carbocycles. The maximum Gasteiger partial charge on any atom is 0.407 e. The summed E-state index contributed by atoms with van der Waals surface area (Å²) in [5, 5.41) is 9.02. The van der Waals surface area contributed by atoms with Crippen molar-refractivity contribution in [3.63, 3.8) is 0 Å². The number of piperidine rings is 1. The summed E-state index contributed by atoms with van der Waals surface area (Å²) in [6.45, 7) is 4.25. The first-order valence-corrected chi connectivity index (χ1v) is 9.58. The number of H-pyrrole nitrogens is 1. The fourth-order valence-electron chi connectivity index (χ4n) is 3.49. The summed E-state index contributed by atoms with van der Waals surface area (Å²) in [6, 6.07) is 0.0160. The molecule has 27 heavy (non-hydrogen) atoms.